The van der Waals surface area contributed by atoms with Crippen LogP contribution in [0.25, 0.3) is 22.3 Å². The lowest BCUT2D eigenvalue weighted by Crippen LogP contribution is -2.21. The molecule has 0 saturated carbocycles. The van der Waals surface area contributed by atoms with Crippen LogP contribution in [0.4, 0.5) is 5.69 Å². The molecule has 0 spiro atoms. The summed E-state index contributed by atoms with van der Waals surface area (Å²) in [5.74, 6) is 0.963. The highest BCUT2D eigenvalue weighted by atomic mass is 79.9. The summed E-state index contributed by atoms with van der Waals surface area (Å²) in [4.78, 5) is 30.7. The van der Waals surface area contributed by atoms with Crippen molar-refractivity contribution in [1.29, 1.82) is 0 Å². The number of fused-ring (bicyclic) bond motifs is 1. The maximum Gasteiger partial charge on any atom is 0.282 e. The van der Waals surface area contributed by atoms with Crippen molar-refractivity contribution in [2.75, 3.05) is 18.5 Å². The molecule has 9 heteroatoms. The monoisotopic (exact) mass is 610 g/mol. The summed E-state index contributed by atoms with van der Waals surface area (Å²) in [7, 11) is 0. The normalized spacial score (nSPS) is 11.1. The van der Waals surface area contributed by atoms with Crippen LogP contribution in [0.2, 0.25) is 0 Å². The number of rotatable bonds is 9. The van der Waals surface area contributed by atoms with Gasteiger partial charge in [-0.15, -0.1) is 0 Å². The van der Waals surface area contributed by atoms with Crippen molar-refractivity contribution in [1.82, 2.24) is 9.66 Å². The molecule has 0 aliphatic heterocycles. The number of nitrogens with zero attached hydrogens (tertiary/aromatic N) is 3. The van der Waals surface area contributed by atoms with Gasteiger partial charge in [-0.3, -0.25) is 9.59 Å². The number of ether oxygens (including phenoxy) is 2. The van der Waals surface area contributed by atoms with E-state index < -0.39 is 0 Å². The molecule has 0 bridgehead atoms. The van der Waals surface area contributed by atoms with Gasteiger partial charge in [-0.2, -0.15) is 9.78 Å². The topological polar surface area (TPSA) is 94.8 Å². The van der Waals surface area contributed by atoms with E-state index in [1.807, 2.05) is 80.6 Å². The first-order valence-electron chi connectivity index (χ1n) is 13.0. The molecular weight excluding hydrogens is 584 g/mol. The number of benzene rings is 4. The van der Waals surface area contributed by atoms with Crippen LogP contribution in [-0.4, -0.2) is 35.0 Å². The number of carbonyl (C=O) groups is 1. The molecule has 0 aliphatic carbocycles. The smallest absolute Gasteiger partial charge is 0.282 e. The number of para-hydroxylation sites is 2. The number of halogens is 1. The molecule has 0 radical (unpaired) electrons. The van der Waals surface area contributed by atoms with Gasteiger partial charge < -0.3 is 14.8 Å². The average Bonchev–Trinajstić information content (AvgIpc) is 2.99. The molecule has 0 unspecified atom stereocenters. The molecule has 5 aromatic rings. The van der Waals surface area contributed by atoms with Crippen molar-refractivity contribution in [2.24, 2.45) is 5.10 Å². The fourth-order valence-corrected chi connectivity index (χ4v) is 4.62. The number of carbonyl (C=O) groups excluding carboxylic acids is 1. The number of anilines is 1. The number of nitrogens with one attached hydrogen (secondary N) is 1. The minimum atomic E-state index is -0.292. The van der Waals surface area contributed by atoms with Gasteiger partial charge in [-0.1, -0.05) is 60.7 Å². The van der Waals surface area contributed by atoms with Crippen molar-refractivity contribution in [3.05, 3.63) is 117 Å². The molecule has 8 nitrogen and oxygen atoms in total. The molecular formula is C32H27BrN4O4. The molecule has 0 saturated heterocycles. The average molecular weight is 611 g/mol. The second-order valence-corrected chi connectivity index (χ2v) is 9.94. The Balaban J connectivity index is 1.45. The number of hydrogen-bond acceptors (Lipinski definition) is 6. The van der Waals surface area contributed by atoms with Crippen LogP contribution in [0.1, 0.15) is 18.1 Å². The fourth-order valence-electron chi connectivity index (χ4n) is 4.20. The summed E-state index contributed by atoms with van der Waals surface area (Å²) < 4.78 is 13.6. The van der Waals surface area contributed by atoms with Gasteiger partial charge in [0, 0.05) is 21.3 Å². The van der Waals surface area contributed by atoms with Crippen LogP contribution >= 0.6 is 15.9 Å². The Kier molecular flexibility index (Phi) is 8.55. The van der Waals surface area contributed by atoms with Crippen molar-refractivity contribution in [2.45, 2.75) is 13.8 Å². The molecule has 4 aromatic carbocycles. The van der Waals surface area contributed by atoms with E-state index in [2.05, 4.69) is 26.3 Å². The second kappa shape index (κ2) is 12.6. The quantitative estimate of drug-likeness (QED) is 0.194. The Morgan fingerprint density at radius 1 is 0.976 bits per heavy atom. The standard InChI is InChI=1S/C32H27BrN4O4/c1-3-40-28-17-23(25(33)18-29(28)41-20-30(38)35-26-15-9-7-11-21(26)2)19-34-37-31(22-12-5-4-6-13-22)36-27-16-10-8-14-24(27)32(37)39/h4-19H,3,20H2,1-2H3,(H,35,38). The molecule has 1 heterocycles. The van der Waals surface area contributed by atoms with E-state index in [4.69, 9.17) is 14.5 Å². The van der Waals surface area contributed by atoms with Crippen molar-refractivity contribution in [3.8, 4) is 22.9 Å². The zero-order valence-corrected chi connectivity index (χ0v) is 24.1. The summed E-state index contributed by atoms with van der Waals surface area (Å²) in [6, 6.07) is 27.6. The van der Waals surface area contributed by atoms with Crippen LogP contribution in [0.3, 0.4) is 0 Å². The maximum absolute atomic E-state index is 13.5. The van der Waals surface area contributed by atoms with E-state index in [0.717, 1.165) is 16.8 Å². The van der Waals surface area contributed by atoms with Gasteiger partial charge in [0.05, 0.1) is 23.7 Å². The SMILES string of the molecule is CCOc1cc(C=Nn2c(-c3ccccc3)nc3ccccc3c2=O)c(Br)cc1OCC(=O)Nc1ccccc1C. The highest BCUT2D eigenvalue weighted by Crippen LogP contribution is 2.33. The van der Waals surface area contributed by atoms with E-state index in [1.54, 1.807) is 30.5 Å². The van der Waals surface area contributed by atoms with Gasteiger partial charge in [0.2, 0.25) is 0 Å². The van der Waals surface area contributed by atoms with E-state index >= 15 is 0 Å². The highest BCUT2D eigenvalue weighted by molar-refractivity contribution is 9.10. The number of amides is 1. The Bertz CT molecular complexity index is 1800. The van der Waals surface area contributed by atoms with Crippen molar-refractivity contribution >= 4 is 44.6 Å². The van der Waals surface area contributed by atoms with Crippen LogP contribution in [-0.2, 0) is 4.79 Å². The maximum atomic E-state index is 13.5. The molecule has 0 aliphatic rings. The van der Waals surface area contributed by atoms with Crippen molar-refractivity contribution in [3.63, 3.8) is 0 Å². The van der Waals surface area contributed by atoms with Gasteiger partial charge in [-0.05, 0) is 65.7 Å². The predicted octanol–water partition coefficient (Wildman–Crippen LogP) is 6.43. The Labute approximate surface area is 245 Å². The third kappa shape index (κ3) is 6.36. The van der Waals surface area contributed by atoms with Crippen LogP contribution < -0.4 is 20.3 Å². The van der Waals surface area contributed by atoms with Gasteiger partial charge in [0.15, 0.2) is 23.9 Å². The summed E-state index contributed by atoms with van der Waals surface area (Å²) in [5, 5.41) is 7.87. The predicted molar refractivity (Wildman–Crippen MR) is 165 cm³/mol. The van der Waals surface area contributed by atoms with Crippen LogP contribution in [0.5, 0.6) is 11.5 Å². The lowest BCUT2D eigenvalue weighted by Gasteiger charge is -2.14. The van der Waals surface area contributed by atoms with Gasteiger partial charge in [0.25, 0.3) is 11.5 Å². The molecule has 5 rings (SSSR count). The summed E-state index contributed by atoms with van der Waals surface area (Å²) in [6.45, 7) is 3.96. The molecule has 0 fully saturated rings. The van der Waals surface area contributed by atoms with E-state index in [1.165, 1.54) is 4.68 Å². The molecule has 41 heavy (non-hydrogen) atoms. The molecule has 1 amide bonds. The molecule has 1 N–H and O–H groups in total. The highest BCUT2D eigenvalue weighted by Gasteiger charge is 2.15. The first kappa shape index (κ1) is 27.8. The summed E-state index contributed by atoms with van der Waals surface area (Å²) in [5.41, 5.74) is 3.39. The Morgan fingerprint density at radius 2 is 1.68 bits per heavy atom. The summed E-state index contributed by atoms with van der Waals surface area (Å²) >= 11 is 3.57. The van der Waals surface area contributed by atoms with E-state index in [9.17, 15) is 9.59 Å². The first-order valence-corrected chi connectivity index (χ1v) is 13.8. The number of aromatic nitrogens is 2. The van der Waals surface area contributed by atoms with E-state index in [0.29, 0.717) is 44.9 Å². The van der Waals surface area contributed by atoms with Gasteiger partial charge >= 0.3 is 0 Å². The second-order valence-electron chi connectivity index (χ2n) is 9.09. The van der Waals surface area contributed by atoms with Crippen LogP contribution in [0, 0.1) is 6.92 Å². The molecule has 0 atom stereocenters. The zero-order chi connectivity index (χ0) is 28.8. The minimum absolute atomic E-state index is 0.202. The first-order chi connectivity index (χ1) is 19.9. The molecule has 1 aromatic heterocycles. The number of aryl methyl sites for hydroxylation is 1. The lowest BCUT2D eigenvalue weighted by atomic mass is 10.2. The van der Waals surface area contributed by atoms with Gasteiger partial charge in [0.1, 0.15) is 0 Å². The minimum Gasteiger partial charge on any atom is -0.490 e. The largest absolute Gasteiger partial charge is 0.490 e. The van der Waals surface area contributed by atoms with Gasteiger partial charge in [-0.25, -0.2) is 4.98 Å². The molecule has 206 valence electrons. The zero-order valence-electron chi connectivity index (χ0n) is 22.5. The third-order valence-corrected chi connectivity index (χ3v) is 6.93. The van der Waals surface area contributed by atoms with Crippen molar-refractivity contribution < 1.29 is 14.3 Å². The third-order valence-electron chi connectivity index (χ3n) is 6.24. The fraction of sp³-hybridized carbons (Fsp3) is 0.125. The van der Waals surface area contributed by atoms with Crippen LogP contribution in [0.15, 0.2) is 105 Å². The Hall–Kier alpha value is -4.76. The lowest BCUT2D eigenvalue weighted by molar-refractivity contribution is -0.118. The summed E-state index contributed by atoms with van der Waals surface area (Å²) in [6.07, 6.45) is 1.56. The van der Waals surface area contributed by atoms with E-state index in [-0.39, 0.29) is 18.1 Å². The number of hydrogen-bond donors (Lipinski definition) is 1. The Morgan fingerprint density at radius 3 is 2.46 bits per heavy atom.